The first kappa shape index (κ1) is 16.3. The van der Waals surface area contributed by atoms with Crippen molar-refractivity contribution in [2.45, 2.75) is 13.0 Å². The number of carbonyl (C=O) groups is 1. The molecule has 8 nitrogen and oxygen atoms in total. The quantitative estimate of drug-likeness (QED) is 0.589. The predicted molar refractivity (Wildman–Crippen MR) is 90.5 cm³/mol. The molecule has 11 heteroatoms. The van der Waals surface area contributed by atoms with Gasteiger partial charge >= 0.3 is 0 Å². The molecular formula is C15H10F2N6O2S. The Morgan fingerprint density at radius 3 is 2.77 bits per heavy atom. The van der Waals surface area contributed by atoms with E-state index in [1.165, 1.54) is 29.8 Å². The number of carbonyl (C=O) groups excluding carboxylic acids is 1. The number of nitrogens with one attached hydrogen (secondary N) is 1. The van der Waals surface area contributed by atoms with Gasteiger partial charge in [-0.2, -0.15) is 0 Å². The van der Waals surface area contributed by atoms with Crippen molar-refractivity contribution in [1.82, 2.24) is 24.1 Å². The van der Waals surface area contributed by atoms with E-state index in [2.05, 4.69) is 20.4 Å². The van der Waals surface area contributed by atoms with Crippen molar-refractivity contribution in [3.63, 3.8) is 0 Å². The van der Waals surface area contributed by atoms with Crippen LogP contribution in [0.3, 0.4) is 0 Å². The monoisotopic (exact) mass is 376 g/mol. The van der Waals surface area contributed by atoms with Gasteiger partial charge in [0.15, 0.2) is 0 Å². The van der Waals surface area contributed by atoms with Gasteiger partial charge in [-0.3, -0.25) is 19.3 Å². The van der Waals surface area contributed by atoms with Crippen LogP contribution < -0.4 is 10.9 Å². The number of anilines is 1. The number of hydrogen-bond donors (Lipinski definition) is 1. The summed E-state index contributed by atoms with van der Waals surface area (Å²) in [5, 5.41) is 7.83. The largest absolute Gasteiger partial charge is 0.297 e. The van der Waals surface area contributed by atoms with E-state index >= 15 is 0 Å². The highest BCUT2D eigenvalue weighted by molar-refractivity contribution is 7.17. The standard InChI is InChI=1S/C15H10F2N6O2S/c16-12(17)13-21-22(7-11(24)20-15-18-3-1-4-19-15)14(25)9-6-10-8(23(9)13)2-5-26-10/h1-6,12H,7H2,(H,18,19,20,24). The Morgan fingerprint density at radius 1 is 1.27 bits per heavy atom. The number of thiophene rings is 1. The van der Waals surface area contributed by atoms with E-state index < -0.39 is 30.3 Å². The van der Waals surface area contributed by atoms with Crippen molar-refractivity contribution < 1.29 is 13.6 Å². The van der Waals surface area contributed by atoms with Crippen molar-refractivity contribution in [1.29, 1.82) is 0 Å². The maximum absolute atomic E-state index is 13.5. The molecule has 0 atom stereocenters. The third kappa shape index (κ3) is 2.71. The molecule has 0 radical (unpaired) electrons. The second kappa shape index (κ2) is 6.26. The van der Waals surface area contributed by atoms with Crippen molar-refractivity contribution in [2.75, 3.05) is 5.32 Å². The Bertz CT molecular complexity index is 1170. The Labute approximate surface area is 147 Å². The lowest BCUT2D eigenvalue weighted by atomic mass is 10.5. The summed E-state index contributed by atoms with van der Waals surface area (Å²) < 4.78 is 29.5. The van der Waals surface area contributed by atoms with Gasteiger partial charge in [0.05, 0.1) is 10.2 Å². The van der Waals surface area contributed by atoms with E-state index in [-0.39, 0.29) is 11.5 Å². The van der Waals surface area contributed by atoms with Gasteiger partial charge in [0.2, 0.25) is 17.7 Å². The Morgan fingerprint density at radius 2 is 2.04 bits per heavy atom. The molecule has 0 bridgehead atoms. The maximum Gasteiger partial charge on any atom is 0.297 e. The third-order valence-electron chi connectivity index (χ3n) is 3.63. The Balaban J connectivity index is 1.76. The molecule has 0 aromatic carbocycles. The van der Waals surface area contributed by atoms with Crippen LogP contribution in [0.1, 0.15) is 12.2 Å². The van der Waals surface area contributed by atoms with Crippen LogP contribution in [-0.4, -0.2) is 30.1 Å². The molecule has 0 aliphatic heterocycles. The van der Waals surface area contributed by atoms with Crippen molar-refractivity contribution >= 4 is 38.9 Å². The second-order valence-corrected chi connectivity index (χ2v) is 6.23. The summed E-state index contributed by atoms with van der Waals surface area (Å²) >= 11 is 1.33. The summed E-state index contributed by atoms with van der Waals surface area (Å²) in [6.45, 7) is -0.536. The molecule has 4 aromatic heterocycles. The number of amides is 1. The lowest BCUT2D eigenvalue weighted by Crippen LogP contribution is -2.32. The molecule has 26 heavy (non-hydrogen) atoms. The minimum Gasteiger partial charge on any atom is -0.293 e. The van der Waals surface area contributed by atoms with Gasteiger partial charge < -0.3 is 0 Å². The number of rotatable bonds is 4. The fourth-order valence-electron chi connectivity index (χ4n) is 2.59. The average Bonchev–Trinajstić information content (AvgIpc) is 3.19. The van der Waals surface area contributed by atoms with Crippen LogP contribution in [0.2, 0.25) is 0 Å². The lowest BCUT2D eigenvalue weighted by molar-refractivity contribution is -0.117. The molecule has 132 valence electrons. The van der Waals surface area contributed by atoms with Gasteiger partial charge in [-0.05, 0) is 23.6 Å². The second-order valence-electron chi connectivity index (χ2n) is 5.28. The van der Waals surface area contributed by atoms with E-state index in [0.717, 1.165) is 9.08 Å². The van der Waals surface area contributed by atoms with Crippen LogP contribution in [0.4, 0.5) is 14.7 Å². The maximum atomic E-state index is 13.5. The van der Waals surface area contributed by atoms with E-state index in [1.807, 2.05) is 0 Å². The van der Waals surface area contributed by atoms with E-state index in [1.54, 1.807) is 17.5 Å². The molecule has 4 rings (SSSR count). The summed E-state index contributed by atoms with van der Waals surface area (Å²) in [4.78, 5) is 32.3. The van der Waals surface area contributed by atoms with Crippen LogP contribution in [0, 0.1) is 0 Å². The minimum atomic E-state index is -2.92. The predicted octanol–water partition coefficient (Wildman–Crippen LogP) is 2.08. The number of hydrogen-bond acceptors (Lipinski definition) is 6. The Kier molecular flexibility index (Phi) is 3.92. The number of fused-ring (bicyclic) bond motifs is 3. The van der Waals surface area contributed by atoms with E-state index in [9.17, 15) is 18.4 Å². The summed E-state index contributed by atoms with van der Waals surface area (Å²) in [7, 11) is 0. The molecule has 0 spiro atoms. The SMILES string of the molecule is O=C(Cn1nc(C(F)F)n2c(cc3sccc32)c1=O)Nc1ncccn1. The number of nitrogens with zero attached hydrogens (tertiary/aromatic N) is 5. The normalized spacial score (nSPS) is 11.5. The van der Waals surface area contributed by atoms with Crippen LogP contribution in [0.25, 0.3) is 15.7 Å². The van der Waals surface area contributed by atoms with Gasteiger partial charge in [-0.25, -0.2) is 23.4 Å². The topological polar surface area (TPSA) is 94.2 Å². The minimum absolute atomic E-state index is 0.0425. The van der Waals surface area contributed by atoms with Crippen LogP contribution in [0.5, 0.6) is 0 Å². The van der Waals surface area contributed by atoms with Gasteiger partial charge in [-0.1, -0.05) is 0 Å². The van der Waals surface area contributed by atoms with E-state index in [4.69, 9.17) is 0 Å². The third-order valence-corrected chi connectivity index (χ3v) is 4.49. The molecule has 0 aliphatic rings. The molecule has 0 unspecified atom stereocenters. The molecule has 0 saturated carbocycles. The smallest absolute Gasteiger partial charge is 0.293 e. The molecular weight excluding hydrogens is 366 g/mol. The van der Waals surface area contributed by atoms with E-state index in [0.29, 0.717) is 10.2 Å². The zero-order valence-electron chi connectivity index (χ0n) is 13.0. The summed E-state index contributed by atoms with van der Waals surface area (Å²) in [6, 6.07) is 4.73. The first-order valence-corrected chi connectivity index (χ1v) is 8.27. The highest BCUT2D eigenvalue weighted by atomic mass is 32.1. The average molecular weight is 376 g/mol. The molecule has 1 N–H and O–H groups in total. The fraction of sp³-hybridized carbons (Fsp3) is 0.133. The summed E-state index contributed by atoms with van der Waals surface area (Å²) in [5.41, 5.74) is -0.109. The molecule has 4 aromatic rings. The van der Waals surface area contributed by atoms with Gasteiger partial charge in [0.25, 0.3) is 12.0 Å². The first-order chi connectivity index (χ1) is 12.5. The van der Waals surface area contributed by atoms with Gasteiger partial charge in [-0.15, -0.1) is 16.4 Å². The number of alkyl halides is 2. The molecule has 4 heterocycles. The van der Waals surface area contributed by atoms with Crippen LogP contribution in [-0.2, 0) is 11.3 Å². The molecule has 0 fully saturated rings. The molecule has 0 saturated heterocycles. The zero-order chi connectivity index (χ0) is 18.3. The molecule has 0 aliphatic carbocycles. The number of halogens is 2. The summed E-state index contributed by atoms with van der Waals surface area (Å²) in [5.74, 6) is -1.20. The first-order valence-electron chi connectivity index (χ1n) is 7.39. The zero-order valence-corrected chi connectivity index (χ0v) is 13.8. The van der Waals surface area contributed by atoms with Gasteiger partial charge in [0, 0.05) is 12.4 Å². The Hall–Kier alpha value is -3.21. The highest BCUT2D eigenvalue weighted by Gasteiger charge is 2.22. The van der Waals surface area contributed by atoms with Crippen molar-refractivity contribution in [2.24, 2.45) is 0 Å². The fourth-order valence-corrected chi connectivity index (χ4v) is 3.39. The van der Waals surface area contributed by atoms with Crippen LogP contribution in [0.15, 0.2) is 40.8 Å². The van der Waals surface area contributed by atoms with Crippen molar-refractivity contribution in [3.8, 4) is 0 Å². The highest BCUT2D eigenvalue weighted by Crippen LogP contribution is 2.27. The van der Waals surface area contributed by atoms with Gasteiger partial charge in [0.1, 0.15) is 12.1 Å². The number of aromatic nitrogens is 5. The molecule has 1 amide bonds. The lowest BCUT2D eigenvalue weighted by Gasteiger charge is -2.10. The summed E-state index contributed by atoms with van der Waals surface area (Å²) in [6.07, 6.45) is -0.0526. The van der Waals surface area contributed by atoms with Crippen molar-refractivity contribution in [3.05, 3.63) is 52.2 Å². The van der Waals surface area contributed by atoms with Crippen LogP contribution >= 0.6 is 11.3 Å².